The summed E-state index contributed by atoms with van der Waals surface area (Å²) >= 11 is 0. The van der Waals surface area contributed by atoms with E-state index in [0.717, 1.165) is 12.8 Å². The van der Waals surface area contributed by atoms with Gasteiger partial charge in [0.05, 0.1) is 0 Å². The van der Waals surface area contributed by atoms with Crippen LogP contribution in [0.2, 0.25) is 0 Å². The molecule has 0 atom stereocenters. The Morgan fingerprint density at radius 3 is 0.944 bits per heavy atom. The van der Waals surface area contributed by atoms with E-state index in [0.29, 0.717) is 6.42 Å². The molecular weight excluding hydrogens is 438 g/mol. The Morgan fingerprint density at radius 2 is 0.667 bits per heavy atom. The SMILES string of the molecule is CCCCCCCCCCCCCCCCCCCCCCCC/C=C\CCCCCCCC(N)=O. The molecule has 0 saturated heterocycles. The number of carbonyl (C=O) groups excluding carboxylic acids is 1. The molecule has 1 amide bonds. The van der Waals surface area contributed by atoms with Crippen molar-refractivity contribution in [2.75, 3.05) is 0 Å². The topological polar surface area (TPSA) is 43.1 Å². The molecule has 0 saturated carbocycles. The van der Waals surface area contributed by atoms with Gasteiger partial charge in [-0.25, -0.2) is 0 Å². The fraction of sp³-hybridized carbons (Fsp3) is 0.912. The number of primary amides is 1. The minimum Gasteiger partial charge on any atom is -0.370 e. The molecule has 0 aliphatic rings. The van der Waals surface area contributed by atoms with E-state index >= 15 is 0 Å². The lowest BCUT2D eigenvalue weighted by atomic mass is 10.0. The van der Waals surface area contributed by atoms with Gasteiger partial charge in [0.2, 0.25) is 5.91 Å². The Morgan fingerprint density at radius 1 is 0.417 bits per heavy atom. The van der Waals surface area contributed by atoms with Crippen LogP contribution >= 0.6 is 0 Å². The standard InChI is InChI=1S/C34H67NO/c1-2-3-4-5-6-7-8-9-10-11-12-13-14-15-16-17-18-19-20-21-22-23-24-25-26-27-28-29-30-31-32-33-34(35)36/h25-26H,2-24,27-33H2,1H3,(H2,35,36)/b26-25-. The van der Waals surface area contributed by atoms with Crippen LogP contribution < -0.4 is 5.73 Å². The van der Waals surface area contributed by atoms with E-state index in [1.807, 2.05) is 0 Å². The molecule has 2 nitrogen and oxygen atoms in total. The normalized spacial score (nSPS) is 11.6. The highest BCUT2D eigenvalue weighted by molar-refractivity contribution is 5.73. The lowest BCUT2D eigenvalue weighted by molar-refractivity contribution is -0.118. The highest BCUT2D eigenvalue weighted by Crippen LogP contribution is 2.15. The Balaban J connectivity index is 3.07. The van der Waals surface area contributed by atoms with Crippen LogP contribution in [-0.4, -0.2) is 5.91 Å². The van der Waals surface area contributed by atoms with Gasteiger partial charge >= 0.3 is 0 Å². The summed E-state index contributed by atoms with van der Waals surface area (Å²) < 4.78 is 0. The predicted octanol–water partition coefficient (Wildman–Crippen LogP) is 11.8. The fourth-order valence-corrected chi connectivity index (χ4v) is 5.20. The second-order valence-corrected chi connectivity index (χ2v) is 11.5. The molecule has 2 heteroatoms. The average molecular weight is 506 g/mol. The number of amides is 1. The third-order valence-corrected chi connectivity index (χ3v) is 7.68. The van der Waals surface area contributed by atoms with Crippen LogP contribution in [0.3, 0.4) is 0 Å². The summed E-state index contributed by atoms with van der Waals surface area (Å²) in [7, 11) is 0. The molecule has 0 bridgehead atoms. The molecule has 0 radical (unpaired) electrons. The maximum atomic E-state index is 10.7. The molecule has 0 heterocycles. The fourth-order valence-electron chi connectivity index (χ4n) is 5.20. The van der Waals surface area contributed by atoms with E-state index in [4.69, 9.17) is 5.73 Å². The molecule has 0 aromatic heterocycles. The molecule has 2 N–H and O–H groups in total. The molecular formula is C34H67NO. The number of rotatable bonds is 31. The van der Waals surface area contributed by atoms with Crippen LogP contribution in [-0.2, 0) is 4.79 Å². The zero-order valence-corrected chi connectivity index (χ0v) is 24.9. The van der Waals surface area contributed by atoms with Crippen LogP contribution in [0.5, 0.6) is 0 Å². The van der Waals surface area contributed by atoms with Gasteiger partial charge in [-0.1, -0.05) is 173 Å². The second kappa shape index (κ2) is 32.2. The van der Waals surface area contributed by atoms with Gasteiger partial charge in [0.1, 0.15) is 0 Å². The molecule has 0 aliphatic carbocycles. The molecule has 0 unspecified atom stereocenters. The zero-order valence-electron chi connectivity index (χ0n) is 24.9. The van der Waals surface area contributed by atoms with Crippen molar-refractivity contribution in [2.24, 2.45) is 5.73 Å². The summed E-state index contributed by atoms with van der Waals surface area (Å²) in [5.41, 5.74) is 5.16. The Hall–Kier alpha value is -0.790. The summed E-state index contributed by atoms with van der Waals surface area (Å²) in [6.07, 6.45) is 45.7. The van der Waals surface area contributed by atoms with Crippen LogP contribution in [0, 0.1) is 0 Å². The Kier molecular flexibility index (Phi) is 31.5. The minimum atomic E-state index is -0.159. The van der Waals surface area contributed by atoms with Crippen LogP contribution in [0.4, 0.5) is 0 Å². The van der Waals surface area contributed by atoms with Crippen LogP contribution in [0.1, 0.15) is 200 Å². The van der Waals surface area contributed by atoms with Crippen molar-refractivity contribution in [2.45, 2.75) is 200 Å². The van der Waals surface area contributed by atoms with E-state index in [9.17, 15) is 4.79 Å². The van der Waals surface area contributed by atoms with Crippen molar-refractivity contribution >= 4 is 5.91 Å². The maximum absolute atomic E-state index is 10.7. The van der Waals surface area contributed by atoms with Crippen LogP contribution in [0.15, 0.2) is 12.2 Å². The zero-order chi connectivity index (χ0) is 26.2. The minimum absolute atomic E-state index is 0.159. The molecule has 0 aromatic rings. The van der Waals surface area contributed by atoms with Crippen molar-refractivity contribution in [1.82, 2.24) is 0 Å². The van der Waals surface area contributed by atoms with E-state index < -0.39 is 0 Å². The van der Waals surface area contributed by atoms with Gasteiger partial charge in [0.15, 0.2) is 0 Å². The van der Waals surface area contributed by atoms with Gasteiger partial charge in [-0.05, 0) is 32.1 Å². The van der Waals surface area contributed by atoms with Gasteiger partial charge in [-0.3, -0.25) is 4.79 Å². The Bertz CT molecular complexity index is 444. The number of allylic oxidation sites excluding steroid dienone is 2. The van der Waals surface area contributed by atoms with Gasteiger partial charge in [-0.2, -0.15) is 0 Å². The Labute approximate surface area is 228 Å². The lowest BCUT2D eigenvalue weighted by Gasteiger charge is -2.04. The van der Waals surface area contributed by atoms with Gasteiger partial charge in [0, 0.05) is 6.42 Å². The molecule has 0 spiro atoms. The van der Waals surface area contributed by atoms with Crippen LogP contribution in [0.25, 0.3) is 0 Å². The number of nitrogens with two attached hydrogens (primary N) is 1. The van der Waals surface area contributed by atoms with Gasteiger partial charge < -0.3 is 5.73 Å². The largest absolute Gasteiger partial charge is 0.370 e. The average Bonchev–Trinajstić information content (AvgIpc) is 2.87. The summed E-state index contributed by atoms with van der Waals surface area (Å²) in [5, 5.41) is 0. The highest BCUT2D eigenvalue weighted by Gasteiger charge is 1.96. The van der Waals surface area contributed by atoms with Crippen molar-refractivity contribution in [3.63, 3.8) is 0 Å². The van der Waals surface area contributed by atoms with Crippen molar-refractivity contribution in [3.05, 3.63) is 12.2 Å². The van der Waals surface area contributed by atoms with E-state index in [1.54, 1.807) is 0 Å². The first kappa shape index (κ1) is 35.2. The molecule has 214 valence electrons. The number of carbonyl (C=O) groups is 1. The van der Waals surface area contributed by atoms with E-state index in [1.165, 1.54) is 173 Å². The number of unbranched alkanes of at least 4 members (excludes halogenated alkanes) is 27. The molecule has 0 rings (SSSR count). The first-order valence-electron chi connectivity index (χ1n) is 16.7. The quantitative estimate of drug-likeness (QED) is 0.0738. The first-order valence-corrected chi connectivity index (χ1v) is 16.7. The summed E-state index contributed by atoms with van der Waals surface area (Å²) in [4.78, 5) is 10.7. The highest BCUT2D eigenvalue weighted by atomic mass is 16.1. The molecule has 0 aromatic carbocycles. The summed E-state index contributed by atoms with van der Waals surface area (Å²) in [6, 6.07) is 0. The third kappa shape index (κ3) is 33.2. The monoisotopic (exact) mass is 506 g/mol. The molecule has 36 heavy (non-hydrogen) atoms. The van der Waals surface area contributed by atoms with Crippen molar-refractivity contribution < 1.29 is 4.79 Å². The second-order valence-electron chi connectivity index (χ2n) is 11.5. The van der Waals surface area contributed by atoms with Crippen molar-refractivity contribution in [1.29, 1.82) is 0 Å². The number of hydrogen-bond acceptors (Lipinski definition) is 1. The molecule has 0 fully saturated rings. The third-order valence-electron chi connectivity index (χ3n) is 7.68. The van der Waals surface area contributed by atoms with E-state index in [2.05, 4.69) is 19.1 Å². The molecule has 0 aliphatic heterocycles. The van der Waals surface area contributed by atoms with Crippen molar-refractivity contribution in [3.8, 4) is 0 Å². The van der Waals surface area contributed by atoms with Gasteiger partial charge in [0.25, 0.3) is 0 Å². The number of hydrogen-bond donors (Lipinski definition) is 1. The van der Waals surface area contributed by atoms with Gasteiger partial charge in [-0.15, -0.1) is 0 Å². The summed E-state index contributed by atoms with van der Waals surface area (Å²) in [6.45, 7) is 2.30. The predicted molar refractivity (Wildman–Crippen MR) is 163 cm³/mol. The smallest absolute Gasteiger partial charge is 0.217 e. The first-order chi connectivity index (χ1) is 17.8. The summed E-state index contributed by atoms with van der Waals surface area (Å²) in [5.74, 6) is -0.159. The maximum Gasteiger partial charge on any atom is 0.217 e. The lowest BCUT2D eigenvalue weighted by Crippen LogP contribution is -2.09. The van der Waals surface area contributed by atoms with E-state index in [-0.39, 0.29) is 5.91 Å².